The van der Waals surface area contributed by atoms with Crippen molar-refractivity contribution < 1.29 is 4.42 Å². The Morgan fingerprint density at radius 1 is 0.500 bits per heavy atom. The molecule has 0 saturated heterocycles. The lowest BCUT2D eigenvalue weighted by atomic mass is 9.89. The number of fused-ring (bicyclic) bond motifs is 6. The molecule has 0 atom stereocenters. The van der Waals surface area contributed by atoms with Gasteiger partial charge in [0.05, 0.1) is 11.4 Å². The predicted molar refractivity (Wildman–Crippen MR) is 125 cm³/mol. The van der Waals surface area contributed by atoms with Crippen LogP contribution in [0.25, 0.3) is 43.8 Å². The summed E-state index contributed by atoms with van der Waals surface area (Å²) in [7, 11) is 0. The highest BCUT2D eigenvalue weighted by Crippen LogP contribution is 2.53. The van der Waals surface area contributed by atoms with Crippen LogP contribution in [0.3, 0.4) is 0 Å². The van der Waals surface area contributed by atoms with E-state index >= 15 is 0 Å². The fourth-order valence-electron chi connectivity index (χ4n) is 4.96. The average Bonchev–Trinajstić information content (AvgIpc) is 3.18. The summed E-state index contributed by atoms with van der Waals surface area (Å²) < 4.78 is 6.31. The van der Waals surface area contributed by atoms with Gasteiger partial charge in [-0.15, -0.1) is 0 Å². The van der Waals surface area contributed by atoms with Crippen molar-refractivity contribution >= 4 is 49.8 Å². The van der Waals surface area contributed by atoms with E-state index in [2.05, 4.69) is 95.9 Å². The average molecular weight is 383 g/mol. The fourth-order valence-corrected chi connectivity index (χ4v) is 4.96. The number of para-hydroxylation sites is 3. The first-order valence-electron chi connectivity index (χ1n) is 10.2. The second kappa shape index (κ2) is 5.74. The lowest BCUT2D eigenvalue weighted by molar-refractivity contribution is 0.669. The number of hydrogen-bond acceptors (Lipinski definition) is 2. The molecule has 2 nitrogen and oxygen atoms in total. The molecule has 0 spiro atoms. The Morgan fingerprint density at radius 2 is 1.23 bits per heavy atom. The topological polar surface area (TPSA) is 16.4 Å². The van der Waals surface area contributed by atoms with Gasteiger partial charge in [0.25, 0.3) is 0 Å². The predicted octanol–water partition coefficient (Wildman–Crippen LogP) is 8.19. The summed E-state index contributed by atoms with van der Waals surface area (Å²) in [5.74, 6) is 0. The first-order valence-corrected chi connectivity index (χ1v) is 10.2. The molecule has 0 N–H and O–H groups in total. The third-order valence-corrected chi connectivity index (χ3v) is 6.17. The van der Waals surface area contributed by atoms with Crippen molar-refractivity contribution in [3.05, 3.63) is 103 Å². The van der Waals surface area contributed by atoms with Crippen LogP contribution in [-0.2, 0) is 0 Å². The summed E-state index contributed by atoms with van der Waals surface area (Å²) in [6.45, 7) is 0. The largest absolute Gasteiger partial charge is 0.456 e. The SMILES string of the molecule is c1ccc(N2c3ccccc3-c3cccc4c3c2cc2oc3ccccc3c24)cc1. The highest BCUT2D eigenvalue weighted by Gasteiger charge is 2.27. The van der Waals surface area contributed by atoms with Gasteiger partial charge in [-0.25, -0.2) is 0 Å². The molecule has 0 amide bonds. The molecule has 1 aliphatic rings. The Bertz CT molecular complexity index is 1590. The highest BCUT2D eigenvalue weighted by atomic mass is 16.3. The van der Waals surface area contributed by atoms with Crippen molar-refractivity contribution in [2.45, 2.75) is 0 Å². The van der Waals surface area contributed by atoms with Gasteiger partial charge in [0, 0.05) is 33.5 Å². The minimum atomic E-state index is 0.927. The van der Waals surface area contributed by atoms with Crippen LogP contribution in [0, 0.1) is 0 Å². The molecule has 140 valence electrons. The molecule has 2 heteroatoms. The molecule has 30 heavy (non-hydrogen) atoms. The Balaban J connectivity index is 1.72. The minimum absolute atomic E-state index is 0.927. The third-order valence-electron chi connectivity index (χ3n) is 6.17. The molecule has 0 aliphatic carbocycles. The van der Waals surface area contributed by atoms with Crippen LogP contribution in [0.2, 0.25) is 0 Å². The summed E-state index contributed by atoms with van der Waals surface area (Å²) in [6, 6.07) is 36.4. The summed E-state index contributed by atoms with van der Waals surface area (Å²) in [4.78, 5) is 2.36. The quantitative estimate of drug-likeness (QED) is 0.284. The van der Waals surface area contributed by atoms with Crippen molar-refractivity contribution in [1.82, 2.24) is 0 Å². The molecule has 1 aliphatic heterocycles. The van der Waals surface area contributed by atoms with Crippen molar-refractivity contribution in [3.63, 3.8) is 0 Å². The van der Waals surface area contributed by atoms with E-state index in [-0.39, 0.29) is 0 Å². The van der Waals surface area contributed by atoms with E-state index in [1.165, 1.54) is 38.4 Å². The van der Waals surface area contributed by atoms with Crippen molar-refractivity contribution in [2.24, 2.45) is 0 Å². The van der Waals surface area contributed by atoms with E-state index < -0.39 is 0 Å². The second-order valence-corrected chi connectivity index (χ2v) is 7.78. The zero-order valence-corrected chi connectivity index (χ0v) is 16.2. The maximum atomic E-state index is 6.31. The van der Waals surface area contributed by atoms with E-state index in [1.54, 1.807) is 0 Å². The fraction of sp³-hybridized carbons (Fsp3) is 0. The van der Waals surface area contributed by atoms with E-state index in [0.717, 1.165) is 22.5 Å². The van der Waals surface area contributed by atoms with Gasteiger partial charge in [-0.05, 0) is 35.2 Å². The summed E-state index contributed by atoms with van der Waals surface area (Å²) in [5.41, 5.74) is 7.90. The molecule has 0 radical (unpaired) electrons. The Morgan fingerprint density at radius 3 is 2.17 bits per heavy atom. The van der Waals surface area contributed by atoms with E-state index in [1.807, 2.05) is 12.1 Å². The lowest BCUT2D eigenvalue weighted by Gasteiger charge is -2.33. The van der Waals surface area contributed by atoms with Crippen LogP contribution in [0.15, 0.2) is 108 Å². The first-order chi connectivity index (χ1) is 14.9. The third kappa shape index (κ3) is 1.98. The van der Waals surface area contributed by atoms with Crippen LogP contribution < -0.4 is 4.90 Å². The maximum Gasteiger partial charge on any atom is 0.138 e. The van der Waals surface area contributed by atoms with E-state index in [0.29, 0.717) is 0 Å². The molecular weight excluding hydrogens is 366 g/mol. The lowest BCUT2D eigenvalue weighted by Crippen LogP contribution is -2.14. The van der Waals surface area contributed by atoms with Gasteiger partial charge in [-0.1, -0.05) is 72.8 Å². The Hall–Kier alpha value is -4.04. The molecule has 0 bridgehead atoms. The summed E-state index contributed by atoms with van der Waals surface area (Å²) >= 11 is 0. The van der Waals surface area contributed by atoms with Gasteiger partial charge in [0.1, 0.15) is 11.2 Å². The Kier molecular flexibility index (Phi) is 3.03. The van der Waals surface area contributed by atoms with Gasteiger partial charge in [0.2, 0.25) is 0 Å². The van der Waals surface area contributed by atoms with E-state index in [9.17, 15) is 0 Å². The molecular formula is C28H17NO. The van der Waals surface area contributed by atoms with Gasteiger partial charge in [0.15, 0.2) is 0 Å². The molecule has 1 aromatic heterocycles. The molecule has 6 aromatic rings. The number of hydrogen-bond donors (Lipinski definition) is 0. The van der Waals surface area contributed by atoms with Crippen LogP contribution in [0.4, 0.5) is 17.1 Å². The molecule has 5 aromatic carbocycles. The summed E-state index contributed by atoms with van der Waals surface area (Å²) in [5, 5.41) is 4.87. The van der Waals surface area contributed by atoms with Crippen molar-refractivity contribution in [3.8, 4) is 11.1 Å². The molecule has 2 heterocycles. The minimum Gasteiger partial charge on any atom is -0.456 e. The van der Waals surface area contributed by atoms with Gasteiger partial charge < -0.3 is 9.32 Å². The van der Waals surface area contributed by atoms with Crippen LogP contribution in [0.5, 0.6) is 0 Å². The summed E-state index contributed by atoms with van der Waals surface area (Å²) in [6.07, 6.45) is 0. The van der Waals surface area contributed by atoms with Crippen molar-refractivity contribution in [1.29, 1.82) is 0 Å². The standard InChI is InChI=1S/C28H17NO/c1-2-9-18(10-3-1)29-23-15-6-4-11-19(23)20-13-8-14-22-27(20)24(29)17-26-28(22)21-12-5-7-16-25(21)30-26/h1-17H. The second-order valence-electron chi connectivity index (χ2n) is 7.78. The Labute approximate surface area is 173 Å². The zero-order valence-electron chi connectivity index (χ0n) is 16.2. The zero-order chi connectivity index (χ0) is 19.7. The van der Waals surface area contributed by atoms with Crippen molar-refractivity contribution in [2.75, 3.05) is 4.90 Å². The van der Waals surface area contributed by atoms with Gasteiger partial charge in [-0.3, -0.25) is 0 Å². The monoisotopic (exact) mass is 383 g/mol. The molecule has 0 fully saturated rings. The van der Waals surface area contributed by atoms with E-state index in [4.69, 9.17) is 4.42 Å². The first kappa shape index (κ1) is 15.8. The molecule has 0 saturated carbocycles. The highest BCUT2D eigenvalue weighted by molar-refractivity contribution is 6.27. The van der Waals surface area contributed by atoms with Gasteiger partial charge >= 0.3 is 0 Å². The van der Waals surface area contributed by atoms with Crippen LogP contribution in [-0.4, -0.2) is 0 Å². The number of benzene rings is 5. The maximum absolute atomic E-state index is 6.31. The molecule has 0 unspecified atom stereocenters. The number of nitrogens with zero attached hydrogens (tertiary/aromatic N) is 1. The van der Waals surface area contributed by atoms with Crippen LogP contribution in [0.1, 0.15) is 0 Å². The number of rotatable bonds is 1. The van der Waals surface area contributed by atoms with Gasteiger partial charge in [-0.2, -0.15) is 0 Å². The number of furan rings is 1. The normalized spacial score (nSPS) is 12.6. The molecule has 7 rings (SSSR count). The van der Waals surface area contributed by atoms with Crippen LogP contribution >= 0.6 is 0 Å². The smallest absolute Gasteiger partial charge is 0.138 e. The number of anilines is 3.